The van der Waals surface area contributed by atoms with Crippen LogP contribution in [0.15, 0.2) is 24.3 Å². The number of terminal acetylenes is 1. The fraction of sp³-hybridized carbons (Fsp3) is 0.308. The first-order valence-electron chi connectivity index (χ1n) is 5.22. The van der Waals surface area contributed by atoms with Crippen LogP contribution in [0.5, 0.6) is 0 Å². The second kappa shape index (κ2) is 5.46. The normalized spacial score (nSPS) is 10.7. The number of rotatable bonds is 4. The van der Waals surface area contributed by atoms with Gasteiger partial charge in [0, 0.05) is 0 Å². The lowest BCUT2D eigenvalue weighted by atomic mass is 10.1. The zero-order valence-corrected chi connectivity index (χ0v) is 9.88. The van der Waals surface area contributed by atoms with Crippen molar-refractivity contribution in [2.45, 2.75) is 19.4 Å². The Morgan fingerprint density at radius 3 is 2.71 bits per heavy atom. The van der Waals surface area contributed by atoms with Gasteiger partial charge in [-0.15, -0.1) is 6.42 Å². The summed E-state index contributed by atoms with van der Waals surface area (Å²) in [5.74, 6) is 1.71. The minimum atomic E-state index is -0.563. The van der Waals surface area contributed by atoms with Crippen molar-refractivity contribution in [3.63, 3.8) is 0 Å². The lowest BCUT2D eigenvalue weighted by Gasteiger charge is -2.19. The van der Waals surface area contributed by atoms with Crippen LogP contribution in [0, 0.1) is 18.2 Å². The molecule has 0 aromatic heterocycles. The fourth-order valence-corrected chi connectivity index (χ4v) is 1.11. The van der Waals surface area contributed by atoms with E-state index in [1.54, 1.807) is 26.0 Å². The third-order valence-corrected chi connectivity index (χ3v) is 2.20. The Kier molecular flexibility index (Phi) is 4.24. The van der Waals surface area contributed by atoms with Crippen molar-refractivity contribution in [3.05, 3.63) is 30.1 Å². The van der Waals surface area contributed by atoms with Gasteiger partial charge in [0.2, 0.25) is 5.91 Å². The van der Waals surface area contributed by atoms with Gasteiger partial charge in [-0.1, -0.05) is 18.1 Å². The summed E-state index contributed by atoms with van der Waals surface area (Å²) in [6, 6.07) is 6.00. The van der Waals surface area contributed by atoms with Gasteiger partial charge in [-0.05, 0) is 26.0 Å². The molecule has 0 atom stereocenters. The van der Waals surface area contributed by atoms with E-state index in [2.05, 4.69) is 16.6 Å². The van der Waals surface area contributed by atoms with Crippen LogP contribution < -0.4 is 10.6 Å². The van der Waals surface area contributed by atoms with E-state index in [-0.39, 0.29) is 18.1 Å². The Morgan fingerprint density at radius 2 is 2.12 bits per heavy atom. The van der Waals surface area contributed by atoms with E-state index in [4.69, 9.17) is 6.42 Å². The summed E-state index contributed by atoms with van der Waals surface area (Å²) in [7, 11) is 0. The molecule has 90 valence electrons. The maximum atomic E-state index is 13.2. The number of hydrogen-bond acceptors (Lipinski definition) is 2. The monoisotopic (exact) mass is 234 g/mol. The lowest BCUT2D eigenvalue weighted by Crippen LogP contribution is -2.42. The zero-order valence-electron chi connectivity index (χ0n) is 9.88. The molecule has 0 unspecified atom stereocenters. The molecule has 0 heterocycles. The number of nitrogens with one attached hydrogen (secondary N) is 2. The predicted molar refractivity (Wildman–Crippen MR) is 65.9 cm³/mol. The van der Waals surface area contributed by atoms with Gasteiger partial charge in [-0.25, -0.2) is 4.39 Å². The number of carbonyl (C=O) groups is 1. The summed E-state index contributed by atoms with van der Waals surface area (Å²) in [4.78, 5) is 11.5. The lowest BCUT2D eigenvalue weighted by molar-refractivity contribution is -0.115. The van der Waals surface area contributed by atoms with E-state index in [0.717, 1.165) is 0 Å². The quantitative estimate of drug-likeness (QED) is 0.779. The predicted octanol–water partition coefficient (Wildman–Crippen LogP) is 1.77. The van der Waals surface area contributed by atoms with Crippen molar-refractivity contribution in [2.75, 3.05) is 11.9 Å². The molecule has 0 aliphatic heterocycles. The van der Waals surface area contributed by atoms with Crippen LogP contribution in [0.2, 0.25) is 0 Å². The number of anilines is 1. The molecule has 0 aliphatic rings. The van der Waals surface area contributed by atoms with Gasteiger partial charge in [-0.3, -0.25) is 10.1 Å². The van der Waals surface area contributed by atoms with Gasteiger partial charge in [-0.2, -0.15) is 0 Å². The number of halogens is 1. The maximum Gasteiger partial charge on any atom is 0.238 e. The Balaban J connectivity index is 2.52. The first-order chi connectivity index (χ1) is 7.94. The molecule has 1 amide bonds. The average Bonchev–Trinajstić information content (AvgIpc) is 2.30. The Morgan fingerprint density at radius 1 is 1.47 bits per heavy atom. The van der Waals surface area contributed by atoms with Crippen LogP contribution in [-0.2, 0) is 4.79 Å². The number of benzene rings is 1. The second-order valence-electron chi connectivity index (χ2n) is 4.15. The standard InChI is InChI=1S/C13H15FN2O/c1-4-13(2,3)15-9-12(17)16-11-8-6-5-7-10(11)14/h1,5-8,15H,9H2,2-3H3,(H,16,17). The minimum Gasteiger partial charge on any atom is -0.322 e. The second-order valence-corrected chi connectivity index (χ2v) is 4.15. The molecule has 1 aromatic carbocycles. The first-order valence-corrected chi connectivity index (χ1v) is 5.22. The molecule has 2 N–H and O–H groups in total. The molecule has 17 heavy (non-hydrogen) atoms. The third-order valence-electron chi connectivity index (χ3n) is 2.20. The molecule has 4 heteroatoms. The van der Waals surface area contributed by atoms with Crippen LogP contribution >= 0.6 is 0 Å². The van der Waals surface area contributed by atoms with E-state index >= 15 is 0 Å². The number of hydrogen-bond donors (Lipinski definition) is 2. The maximum absolute atomic E-state index is 13.2. The van der Waals surface area contributed by atoms with Crippen molar-refractivity contribution < 1.29 is 9.18 Å². The molecule has 0 fully saturated rings. The van der Waals surface area contributed by atoms with Crippen molar-refractivity contribution in [3.8, 4) is 12.3 Å². The smallest absolute Gasteiger partial charge is 0.238 e. The van der Waals surface area contributed by atoms with Crippen molar-refractivity contribution in [1.82, 2.24) is 5.32 Å². The van der Waals surface area contributed by atoms with Crippen LogP contribution in [0.3, 0.4) is 0 Å². The summed E-state index contributed by atoms with van der Waals surface area (Å²) < 4.78 is 13.2. The molecule has 0 spiro atoms. The summed E-state index contributed by atoms with van der Waals surface area (Å²) >= 11 is 0. The molecule has 0 radical (unpaired) electrons. The van der Waals surface area contributed by atoms with E-state index in [1.165, 1.54) is 12.1 Å². The molecule has 0 saturated heterocycles. The molecule has 1 rings (SSSR count). The minimum absolute atomic E-state index is 0.0333. The molecule has 1 aromatic rings. The first kappa shape index (κ1) is 13.2. The van der Waals surface area contributed by atoms with Crippen molar-refractivity contribution in [1.29, 1.82) is 0 Å². The highest BCUT2D eigenvalue weighted by Gasteiger charge is 2.14. The topological polar surface area (TPSA) is 41.1 Å². The molecule has 3 nitrogen and oxygen atoms in total. The van der Waals surface area contributed by atoms with E-state index in [0.29, 0.717) is 0 Å². The Labute approximate surface area is 100 Å². The summed E-state index contributed by atoms with van der Waals surface area (Å²) in [6.45, 7) is 3.60. The zero-order chi connectivity index (χ0) is 12.9. The molecule has 0 saturated carbocycles. The van der Waals surface area contributed by atoms with Gasteiger partial charge in [0.1, 0.15) is 5.82 Å². The van der Waals surface area contributed by atoms with Crippen LogP contribution in [0.25, 0.3) is 0 Å². The largest absolute Gasteiger partial charge is 0.322 e. The molecular formula is C13H15FN2O. The highest BCUT2D eigenvalue weighted by molar-refractivity contribution is 5.92. The van der Waals surface area contributed by atoms with Crippen LogP contribution in [0.1, 0.15) is 13.8 Å². The van der Waals surface area contributed by atoms with Gasteiger partial charge in [0.05, 0.1) is 17.8 Å². The highest BCUT2D eigenvalue weighted by atomic mass is 19.1. The molecular weight excluding hydrogens is 219 g/mol. The average molecular weight is 234 g/mol. The highest BCUT2D eigenvalue weighted by Crippen LogP contribution is 2.11. The summed E-state index contributed by atoms with van der Waals surface area (Å²) in [6.07, 6.45) is 5.26. The number of para-hydroxylation sites is 1. The number of amides is 1. The third kappa shape index (κ3) is 4.25. The van der Waals surface area contributed by atoms with Crippen LogP contribution in [-0.4, -0.2) is 18.0 Å². The van der Waals surface area contributed by atoms with Gasteiger partial charge >= 0.3 is 0 Å². The summed E-state index contributed by atoms with van der Waals surface area (Å²) in [5, 5.41) is 5.34. The molecule has 0 bridgehead atoms. The SMILES string of the molecule is C#CC(C)(C)NCC(=O)Nc1ccccc1F. The van der Waals surface area contributed by atoms with E-state index < -0.39 is 11.4 Å². The molecule has 0 aliphatic carbocycles. The van der Waals surface area contributed by atoms with Crippen molar-refractivity contribution >= 4 is 11.6 Å². The van der Waals surface area contributed by atoms with Gasteiger partial charge in [0.15, 0.2) is 0 Å². The summed E-state index contributed by atoms with van der Waals surface area (Å²) in [5.41, 5.74) is -0.398. The van der Waals surface area contributed by atoms with E-state index in [9.17, 15) is 9.18 Å². The van der Waals surface area contributed by atoms with Gasteiger partial charge in [0.25, 0.3) is 0 Å². The Hall–Kier alpha value is -1.86. The number of carbonyl (C=O) groups excluding carboxylic acids is 1. The van der Waals surface area contributed by atoms with Gasteiger partial charge < -0.3 is 5.32 Å². The Bertz CT molecular complexity index is 449. The van der Waals surface area contributed by atoms with Crippen LogP contribution in [0.4, 0.5) is 10.1 Å². The van der Waals surface area contributed by atoms with Crippen molar-refractivity contribution in [2.24, 2.45) is 0 Å². The fourth-order valence-electron chi connectivity index (χ4n) is 1.11. The van der Waals surface area contributed by atoms with E-state index in [1.807, 2.05) is 0 Å².